The van der Waals surface area contributed by atoms with E-state index in [0.29, 0.717) is 6.42 Å². The highest BCUT2D eigenvalue weighted by atomic mass is 127. The molecule has 0 aliphatic heterocycles. The first kappa shape index (κ1) is 9.51. The Morgan fingerprint density at radius 1 is 1.42 bits per heavy atom. The molecule has 0 atom stereocenters. The highest BCUT2D eigenvalue weighted by molar-refractivity contribution is 14.1. The quantitative estimate of drug-likeness (QED) is 0.838. The number of carbonyl (C=O) groups is 1. The first-order valence-corrected chi connectivity index (χ1v) is 4.79. The second-order valence-electron chi connectivity index (χ2n) is 2.56. The normalized spacial score (nSPS) is 9.75. The SMILES string of the molecule is NC(=O)CCc1ccccc1I. The lowest BCUT2D eigenvalue weighted by molar-refractivity contribution is -0.117. The Labute approximate surface area is 85.3 Å². The number of rotatable bonds is 3. The van der Waals surface area contributed by atoms with Crippen LogP contribution in [0.3, 0.4) is 0 Å². The highest BCUT2D eigenvalue weighted by Crippen LogP contribution is 2.12. The van der Waals surface area contributed by atoms with Gasteiger partial charge in [-0.1, -0.05) is 18.2 Å². The van der Waals surface area contributed by atoms with Crippen LogP contribution in [0.4, 0.5) is 0 Å². The lowest BCUT2D eigenvalue weighted by atomic mass is 10.1. The largest absolute Gasteiger partial charge is 0.370 e. The van der Waals surface area contributed by atoms with Crippen molar-refractivity contribution in [3.05, 3.63) is 33.4 Å². The topological polar surface area (TPSA) is 43.1 Å². The third-order valence-electron chi connectivity index (χ3n) is 1.60. The molecule has 2 nitrogen and oxygen atoms in total. The third-order valence-corrected chi connectivity index (χ3v) is 2.65. The van der Waals surface area contributed by atoms with Gasteiger partial charge >= 0.3 is 0 Å². The number of hydrogen-bond donors (Lipinski definition) is 1. The van der Waals surface area contributed by atoms with E-state index >= 15 is 0 Å². The molecule has 0 spiro atoms. The zero-order chi connectivity index (χ0) is 8.97. The third kappa shape index (κ3) is 2.81. The molecular formula is C9H10INO. The molecule has 0 heterocycles. The Morgan fingerprint density at radius 2 is 2.08 bits per heavy atom. The van der Waals surface area contributed by atoms with E-state index < -0.39 is 0 Å². The van der Waals surface area contributed by atoms with Crippen LogP contribution in [0, 0.1) is 3.57 Å². The van der Waals surface area contributed by atoms with E-state index in [0.717, 1.165) is 6.42 Å². The second-order valence-corrected chi connectivity index (χ2v) is 3.72. The fraction of sp³-hybridized carbons (Fsp3) is 0.222. The minimum Gasteiger partial charge on any atom is -0.370 e. The van der Waals surface area contributed by atoms with Gasteiger partial charge in [0.15, 0.2) is 0 Å². The molecule has 1 amide bonds. The Hall–Kier alpha value is -0.580. The van der Waals surface area contributed by atoms with Crippen LogP contribution in [0.15, 0.2) is 24.3 Å². The van der Waals surface area contributed by atoms with Crippen LogP contribution >= 0.6 is 22.6 Å². The summed E-state index contributed by atoms with van der Waals surface area (Å²) in [5.41, 5.74) is 6.24. The van der Waals surface area contributed by atoms with Crippen LogP contribution in [-0.2, 0) is 11.2 Å². The lowest BCUT2D eigenvalue weighted by Gasteiger charge is -2.00. The van der Waals surface area contributed by atoms with E-state index in [1.54, 1.807) is 0 Å². The average Bonchev–Trinajstić information content (AvgIpc) is 2.03. The highest BCUT2D eigenvalue weighted by Gasteiger charge is 1.99. The minimum absolute atomic E-state index is 0.241. The average molecular weight is 275 g/mol. The predicted molar refractivity (Wildman–Crippen MR) is 56.7 cm³/mol. The van der Waals surface area contributed by atoms with Crippen molar-refractivity contribution < 1.29 is 4.79 Å². The number of nitrogens with two attached hydrogens (primary N) is 1. The van der Waals surface area contributed by atoms with Crippen LogP contribution in [0.2, 0.25) is 0 Å². The first-order valence-electron chi connectivity index (χ1n) is 3.72. The molecule has 3 heteroatoms. The maximum absolute atomic E-state index is 10.5. The van der Waals surface area contributed by atoms with Gasteiger partial charge in [0, 0.05) is 9.99 Å². The maximum Gasteiger partial charge on any atom is 0.217 e. The number of halogens is 1. The van der Waals surface area contributed by atoms with Gasteiger partial charge in [-0.2, -0.15) is 0 Å². The Balaban J connectivity index is 2.63. The summed E-state index contributed by atoms with van der Waals surface area (Å²) in [5.74, 6) is -0.241. The number of primary amides is 1. The van der Waals surface area contributed by atoms with Gasteiger partial charge in [0.1, 0.15) is 0 Å². The van der Waals surface area contributed by atoms with Gasteiger partial charge in [0.2, 0.25) is 5.91 Å². The van der Waals surface area contributed by atoms with Crippen LogP contribution < -0.4 is 5.73 Å². The molecule has 2 N–H and O–H groups in total. The summed E-state index contributed by atoms with van der Waals surface area (Å²) >= 11 is 2.26. The van der Waals surface area contributed by atoms with Gasteiger partial charge in [-0.25, -0.2) is 0 Å². The number of carbonyl (C=O) groups excluding carboxylic acids is 1. The molecule has 0 bridgehead atoms. The number of aryl methyl sites for hydroxylation is 1. The van der Waals surface area contributed by atoms with Crippen molar-refractivity contribution in [2.45, 2.75) is 12.8 Å². The molecular weight excluding hydrogens is 265 g/mol. The van der Waals surface area contributed by atoms with Crippen molar-refractivity contribution >= 4 is 28.5 Å². The molecule has 0 saturated heterocycles. The van der Waals surface area contributed by atoms with Crippen LogP contribution in [0.25, 0.3) is 0 Å². The molecule has 0 radical (unpaired) electrons. The molecule has 12 heavy (non-hydrogen) atoms. The molecule has 0 aliphatic carbocycles. The second kappa shape index (κ2) is 4.45. The zero-order valence-corrected chi connectivity index (χ0v) is 8.74. The van der Waals surface area contributed by atoms with Crippen LogP contribution in [0.1, 0.15) is 12.0 Å². The van der Waals surface area contributed by atoms with E-state index in [1.165, 1.54) is 9.13 Å². The summed E-state index contributed by atoms with van der Waals surface area (Å²) in [6, 6.07) is 8.00. The molecule has 0 fully saturated rings. The van der Waals surface area contributed by atoms with E-state index in [9.17, 15) is 4.79 Å². The van der Waals surface area contributed by atoms with Crippen molar-refractivity contribution in [2.24, 2.45) is 5.73 Å². The van der Waals surface area contributed by atoms with Gasteiger partial charge < -0.3 is 5.73 Å². The van der Waals surface area contributed by atoms with Crippen molar-refractivity contribution in [1.82, 2.24) is 0 Å². The van der Waals surface area contributed by atoms with Crippen molar-refractivity contribution in [3.63, 3.8) is 0 Å². The Bertz CT molecular complexity index is 286. The van der Waals surface area contributed by atoms with Gasteiger partial charge in [-0.05, 0) is 40.6 Å². The number of hydrogen-bond acceptors (Lipinski definition) is 1. The zero-order valence-electron chi connectivity index (χ0n) is 6.59. The minimum atomic E-state index is -0.241. The fourth-order valence-corrected chi connectivity index (χ4v) is 1.62. The van der Waals surface area contributed by atoms with Gasteiger partial charge in [0.05, 0.1) is 0 Å². The Morgan fingerprint density at radius 3 is 2.67 bits per heavy atom. The maximum atomic E-state index is 10.5. The number of benzene rings is 1. The van der Waals surface area contributed by atoms with E-state index in [4.69, 9.17) is 5.73 Å². The van der Waals surface area contributed by atoms with E-state index in [1.807, 2.05) is 24.3 Å². The molecule has 1 rings (SSSR count). The number of amides is 1. The van der Waals surface area contributed by atoms with Gasteiger partial charge in [-0.3, -0.25) is 4.79 Å². The monoisotopic (exact) mass is 275 g/mol. The van der Waals surface area contributed by atoms with Crippen LogP contribution in [-0.4, -0.2) is 5.91 Å². The molecule has 1 aromatic rings. The standard InChI is InChI=1S/C9H10INO/c10-8-4-2-1-3-7(8)5-6-9(11)12/h1-4H,5-6H2,(H2,11,12). The summed E-state index contributed by atoms with van der Waals surface area (Å²) in [6.07, 6.45) is 1.18. The summed E-state index contributed by atoms with van der Waals surface area (Å²) in [4.78, 5) is 10.5. The van der Waals surface area contributed by atoms with E-state index in [-0.39, 0.29) is 5.91 Å². The summed E-state index contributed by atoms with van der Waals surface area (Å²) in [7, 11) is 0. The molecule has 0 unspecified atom stereocenters. The van der Waals surface area contributed by atoms with Crippen molar-refractivity contribution in [2.75, 3.05) is 0 Å². The van der Waals surface area contributed by atoms with E-state index in [2.05, 4.69) is 22.6 Å². The molecule has 0 saturated carbocycles. The smallest absolute Gasteiger partial charge is 0.217 e. The van der Waals surface area contributed by atoms with Crippen molar-refractivity contribution in [1.29, 1.82) is 0 Å². The molecule has 64 valence electrons. The van der Waals surface area contributed by atoms with Gasteiger partial charge in [0.25, 0.3) is 0 Å². The Kier molecular flexibility index (Phi) is 3.52. The fourth-order valence-electron chi connectivity index (χ4n) is 0.959. The van der Waals surface area contributed by atoms with Crippen LogP contribution in [0.5, 0.6) is 0 Å². The van der Waals surface area contributed by atoms with Gasteiger partial charge in [-0.15, -0.1) is 0 Å². The first-order chi connectivity index (χ1) is 5.70. The molecule has 0 aromatic heterocycles. The summed E-state index contributed by atoms with van der Waals surface area (Å²) < 4.78 is 1.19. The lowest BCUT2D eigenvalue weighted by Crippen LogP contribution is -2.11. The predicted octanol–water partition coefficient (Wildman–Crippen LogP) is 1.71. The van der Waals surface area contributed by atoms with Crippen molar-refractivity contribution in [3.8, 4) is 0 Å². The molecule has 1 aromatic carbocycles. The molecule has 0 aliphatic rings. The summed E-state index contributed by atoms with van der Waals surface area (Å²) in [5, 5.41) is 0. The summed E-state index contributed by atoms with van der Waals surface area (Å²) in [6.45, 7) is 0.